The lowest BCUT2D eigenvalue weighted by atomic mass is 10.0. The van der Waals surface area contributed by atoms with E-state index in [0.717, 1.165) is 37.2 Å². The summed E-state index contributed by atoms with van der Waals surface area (Å²) in [6, 6.07) is 10.9. The molecule has 3 rings (SSSR count). The number of hydrogen-bond acceptors (Lipinski definition) is 3. The Labute approximate surface area is 142 Å². The molecule has 1 amide bonds. The molecule has 3 nitrogen and oxygen atoms in total. The SMILES string of the molecule is CC(C)c1ccc(N[C@@H]2CCCN(C(=O)c3ccsc3)C2)cc1. The van der Waals surface area contributed by atoms with E-state index in [2.05, 4.69) is 43.4 Å². The van der Waals surface area contributed by atoms with E-state index in [-0.39, 0.29) is 5.91 Å². The number of hydrogen-bond donors (Lipinski definition) is 1. The van der Waals surface area contributed by atoms with Crippen molar-refractivity contribution >= 4 is 22.9 Å². The summed E-state index contributed by atoms with van der Waals surface area (Å²) in [5.41, 5.74) is 3.31. The van der Waals surface area contributed by atoms with Crippen molar-refractivity contribution in [2.75, 3.05) is 18.4 Å². The zero-order valence-corrected chi connectivity index (χ0v) is 14.6. The maximum absolute atomic E-state index is 12.5. The van der Waals surface area contributed by atoms with Gasteiger partial charge in [0.15, 0.2) is 0 Å². The normalized spacial score (nSPS) is 18.2. The molecule has 2 heterocycles. The van der Waals surface area contributed by atoms with Crippen molar-refractivity contribution in [2.24, 2.45) is 0 Å². The van der Waals surface area contributed by atoms with Gasteiger partial charge in [-0.15, -0.1) is 0 Å². The first kappa shape index (κ1) is 16.1. The topological polar surface area (TPSA) is 32.3 Å². The minimum atomic E-state index is 0.160. The fourth-order valence-electron chi connectivity index (χ4n) is 3.05. The summed E-state index contributed by atoms with van der Waals surface area (Å²) in [6.07, 6.45) is 2.16. The lowest BCUT2D eigenvalue weighted by Gasteiger charge is -2.33. The van der Waals surface area contributed by atoms with E-state index in [9.17, 15) is 4.79 Å². The molecule has 0 aliphatic carbocycles. The Bertz CT molecular complexity index is 634. The average molecular weight is 328 g/mol. The lowest BCUT2D eigenvalue weighted by molar-refractivity contribution is 0.0715. The number of amides is 1. The maximum atomic E-state index is 12.5. The minimum absolute atomic E-state index is 0.160. The monoisotopic (exact) mass is 328 g/mol. The predicted octanol–water partition coefficient (Wildman–Crippen LogP) is 4.59. The summed E-state index contributed by atoms with van der Waals surface area (Å²) in [6.45, 7) is 6.05. The summed E-state index contributed by atoms with van der Waals surface area (Å²) in [7, 11) is 0. The summed E-state index contributed by atoms with van der Waals surface area (Å²) < 4.78 is 0. The summed E-state index contributed by atoms with van der Waals surface area (Å²) in [5.74, 6) is 0.713. The number of carbonyl (C=O) groups excluding carboxylic acids is 1. The molecule has 1 fully saturated rings. The number of rotatable bonds is 4. The maximum Gasteiger partial charge on any atom is 0.254 e. The molecule has 4 heteroatoms. The van der Waals surface area contributed by atoms with Crippen LogP contribution in [0.2, 0.25) is 0 Å². The van der Waals surface area contributed by atoms with Gasteiger partial charge in [-0.1, -0.05) is 26.0 Å². The van der Waals surface area contributed by atoms with Crippen LogP contribution in [-0.2, 0) is 0 Å². The number of nitrogens with zero attached hydrogens (tertiary/aromatic N) is 1. The molecule has 1 N–H and O–H groups in total. The average Bonchev–Trinajstić information content (AvgIpc) is 3.09. The van der Waals surface area contributed by atoms with E-state index >= 15 is 0 Å². The number of nitrogens with one attached hydrogen (secondary N) is 1. The van der Waals surface area contributed by atoms with Gasteiger partial charge in [-0.25, -0.2) is 0 Å². The number of piperidine rings is 1. The zero-order chi connectivity index (χ0) is 16.2. The van der Waals surface area contributed by atoms with Crippen LogP contribution in [0.25, 0.3) is 0 Å². The van der Waals surface area contributed by atoms with Crippen molar-refractivity contribution in [1.29, 1.82) is 0 Å². The highest BCUT2D eigenvalue weighted by molar-refractivity contribution is 7.08. The molecule has 23 heavy (non-hydrogen) atoms. The molecular formula is C19H24N2OS. The smallest absolute Gasteiger partial charge is 0.254 e. The van der Waals surface area contributed by atoms with Crippen LogP contribution in [0.15, 0.2) is 41.1 Å². The van der Waals surface area contributed by atoms with Crippen LogP contribution in [0.5, 0.6) is 0 Å². The van der Waals surface area contributed by atoms with Crippen molar-refractivity contribution in [2.45, 2.75) is 38.6 Å². The van der Waals surface area contributed by atoms with Gasteiger partial charge in [-0.3, -0.25) is 4.79 Å². The van der Waals surface area contributed by atoms with Crippen molar-refractivity contribution in [3.8, 4) is 0 Å². The first-order valence-corrected chi connectivity index (χ1v) is 9.25. The Morgan fingerprint density at radius 1 is 1.26 bits per heavy atom. The third-order valence-electron chi connectivity index (χ3n) is 4.42. The molecule has 1 saturated heterocycles. The van der Waals surface area contributed by atoms with Crippen LogP contribution < -0.4 is 5.32 Å². The van der Waals surface area contributed by atoms with Gasteiger partial charge < -0.3 is 10.2 Å². The van der Waals surface area contributed by atoms with Crippen LogP contribution in [0.3, 0.4) is 0 Å². The highest BCUT2D eigenvalue weighted by atomic mass is 32.1. The van der Waals surface area contributed by atoms with E-state index in [1.165, 1.54) is 5.56 Å². The number of carbonyl (C=O) groups is 1. The van der Waals surface area contributed by atoms with Crippen molar-refractivity contribution in [3.05, 3.63) is 52.2 Å². The largest absolute Gasteiger partial charge is 0.381 e. The number of thiophene rings is 1. The third-order valence-corrected chi connectivity index (χ3v) is 5.11. The minimum Gasteiger partial charge on any atom is -0.381 e. The Morgan fingerprint density at radius 2 is 2.04 bits per heavy atom. The Balaban J connectivity index is 1.61. The second kappa shape index (κ2) is 7.18. The Morgan fingerprint density at radius 3 is 2.70 bits per heavy atom. The predicted molar refractivity (Wildman–Crippen MR) is 97.4 cm³/mol. The Hall–Kier alpha value is -1.81. The van der Waals surface area contributed by atoms with E-state index in [1.54, 1.807) is 11.3 Å². The molecule has 1 aromatic heterocycles. The Kier molecular flexibility index (Phi) is 5.01. The standard InChI is InChI=1S/C19H24N2OS/c1-14(2)15-5-7-17(8-6-15)20-18-4-3-10-21(12-18)19(22)16-9-11-23-13-16/h5-9,11,13-14,18,20H,3-4,10,12H2,1-2H3/t18-/m1/s1. The van der Waals surface area contributed by atoms with E-state index in [4.69, 9.17) is 0 Å². The fraction of sp³-hybridized carbons (Fsp3) is 0.421. The van der Waals surface area contributed by atoms with Gasteiger partial charge >= 0.3 is 0 Å². The molecule has 1 aliphatic heterocycles. The van der Waals surface area contributed by atoms with Crippen molar-refractivity contribution < 1.29 is 4.79 Å². The van der Waals surface area contributed by atoms with Crippen LogP contribution in [0.4, 0.5) is 5.69 Å². The van der Waals surface area contributed by atoms with Crippen molar-refractivity contribution in [3.63, 3.8) is 0 Å². The van der Waals surface area contributed by atoms with Gasteiger partial charge in [0.1, 0.15) is 0 Å². The third kappa shape index (κ3) is 3.94. The molecule has 1 aromatic carbocycles. The van der Waals surface area contributed by atoms with Gasteiger partial charge in [0, 0.05) is 30.2 Å². The fourth-order valence-corrected chi connectivity index (χ4v) is 3.68. The summed E-state index contributed by atoms with van der Waals surface area (Å²) in [5, 5.41) is 7.48. The highest BCUT2D eigenvalue weighted by Crippen LogP contribution is 2.21. The first-order valence-electron chi connectivity index (χ1n) is 8.31. The molecular weight excluding hydrogens is 304 g/mol. The second-order valence-electron chi connectivity index (χ2n) is 6.52. The molecule has 2 aromatic rings. The number of anilines is 1. The van der Waals surface area contributed by atoms with Gasteiger partial charge in [0.25, 0.3) is 5.91 Å². The number of likely N-dealkylation sites (tertiary alicyclic amines) is 1. The van der Waals surface area contributed by atoms with Crippen LogP contribution in [-0.4, -0.2) is 29.9 Å². The number of benzene rings is 1. The molecule has 122 valence electrons. The lowest BCUT2D eigenvalue weighted by Crippen LogP contribution is -2.45. The van der Waals surface area contributed by atoms with Gasteiger partial charge in [-0.2, -0.15) is 11.3 Å². The van der Waals surface area contributed by atoms with Gasteiger partial charge in [0.05, 0.1) is 5.56 Å². The summed E-state index contributed by atoms with van der Waals surface area (Å²) >= 11 is 1.58. The zero-order valence-electron chi connectivity index (χ0n) is 13.8. The quantitative estimate of drug-likeness (QED) is 0.890. The van der Waals surface area contributed by atoms with Crippen LogP contribution >= 0.6 is 11.3 Å². The van der Waals surface area contributed by atoms with Gasteiger partial charge in [-0.05, 0) is 47.9 Å². The molecule has 0 bridgehead atoms. The van der Waals surface area contributed by atoms with Crippen molar-refractivity contribution in [1.82, 2.24) is 4.90 Å². The van der Waals surface area contributed by atoms with E-state index in [0.29, 0.717) is 12.0 Å². The second-order valence-corrected chi connectivity index (χ2v) is 7.30. The molecule has 1 aliphatic rings. The van der Waals surface area contributed by atoms with Crippen LogP contribution in [0.1, 0.15) is 48.5 Å². The molecule has 0 radical (unpaired) electrons. The highest BCUT2D eigenvalue weighted by Gasteiger charge is 2.24. The molecule has 0 spiro atoms. The van der Waals surface area contributed by atoms with E-state index in [1.807, 2.05) is 21.7 Å². The molecule has 0 unspecified atom stereocenters. The van der Waals surface area contributed by atoms with E-state index < -0.39 is 0 Å². The molecule has 0 saturated carbocycles. The molecule has 1 atom stereocenters. The van der Waals surface area contributed by atoms with Gasteiger partial charge in [0.2, 0.25) is 0 Å². The first-order chi connectivity index (χ1) is 11.1. The summed E-state index contributed by atoms with van der Waals surface area (Å²) in [4.78, 5) is 14.5. The van der Waals surface area contributed by atoms with Crippen LogP contribution in [0, 0.1) is 0 Å².